The van der Waals surface area contributed by atoms with Gasteiger partial charge in [0.25, 0.3) is 0 Å². The van der Waals surface area contributed by atoms with Gasteiger partial charge >= 0.3 is 0 Å². The molecule has 0 radical (unpaired) electrons. The van der Waals surface area contributed by atoms with Crippen molar-refractivity contribution in [3.8, 4) is 0 Å². The number of halogens is 1. The molecule has 0 aliphatic heterocycles. The van der Waals surface area contributed by atoms with Crippen LogP contribution in [0.2, 0.25) is 5.02 Å². The van der Waals surface area contributed by atoms with Gasteiger partial charge in [0.1, 0.15) is 6.04 Å². The van der Waals surface area contributed by atoms with Crippen molar-refractivity contribution < 1.29 is 9.59 Å². The molecule has 5 heteroatoms. The normalized spacial score (nSPS) is 12.3. The Kier molecular flexibility index (Phi) is 8.48. The number of carbonyl (C=O) groups is 2. The molecule has 0 saturated carbocycles. The number of rotatable bonds is 8. The van der Waals surface area contributed by atoms with E-state index < -0.39 is 6.04 Å². The maximum absolute atomic E-state index is 13.3. The van der Waals surface area contributed by atoms with Crippen molar-refractivity contribution in [2.24, 2.45) is 0 Å². The minimum atomic E-state index is -0.525. The first-order valence-electron chi connectivity index (χ1n) is 10.5. The lowest BCUT2D eigenvalue weighted by molar-refractivity contribution is -0.142. The summed E-state index contributed by atoms with van der Waals surface area (Å²) in [5.74, 6) is -0.168. The number of carbonyl (C=O) groups excluding carboxylic acids is 2. The Morgan fingerprint density at radius 2 is 1.63 bits per heavy atom. The fourth-order valence-corrected chi connectivity index (χ4v) is 3.66. The van der Waals surface area contributed by atoms with Gasteiger partial charge in [0.05, 0.1) is 0 Å². The van der Waals surface area contributed by atoms with Crippen molar-refractivity contribution in [1.29, 1.82) is 0 Å². The van der Waals surface area contributed by atoms with Crippen LogP contribution in [-0.4, -0.2) is 28.3 Å². The summed E-state index contributed by atoms with van der Waals surface area (Å²) in [4.78, 5) is 28.1. The Morgan fingerprint density at radius 1 is 1.03 bits per heavy atom. The highest BCUT2D eigenvalue weighted by Gasteiger charge is 2.30. The molecule has 0 aliphatic rings. The zero-order valence-electron chi connectivity index (χ0n) is 18.7. The molecule has 4 nitrogen and oxygen atoms in total. The summed E-state index contributed by atoms with van der Waals surface area (Å²) in [6.07, 6.45) is 1.39. The van der Waals surface area contributed by atoms with Gasteiger partial charge in [-0.25, -0.2) is 0 Å². The molecule has 0 saturated heterocycles. The van der Waals surface area contributed by atoms with Gasteiger partial charge in [0.15, 0.2) is 0 Å². The van der Waals surface area contributed by atoms with Crippen LogP contribution in [0.5, 0.6) is 0 Å². The van der Waals surface area contributed by atoms with Crippen LogP contribution in [0.3, 0.4) is 0 Å². The average Bonchev–Trinajstić information content (AvgIpc) is 2.67. The quantitative estimate of drug-likeness (QED) is 0.619. The first-order valence-corrected chi connectivity index (χ1v) is 10.9. The minimum Gasteiger partial charge on any atom is -0.350 e. The van der Waals surface area contributed by atoms with Crippen LogP contribution in [0.25, 0.3) is 0 Å². The molecule has 1 atom stereocenters. The van der Waals surface area contributed by atoms with Gasteiger partial charge in [-0.1, -0.05) is 61.0 Å². The molecule has 1 unspecified atom stereocenters. The average molecular weight is 429 g/mol. The maximum atomic E-state index is 13.3. The molecule has 2 aromatic carbocycles. The van der Waals surface area contributed by atoms with Crippen LogP contribution in [-0.2, 0) is 22.6 Å². The highest BCUT2D eigenvalue weighted by atomic mass is 35.5. The highest BCUT2D eigenvalue weighted by Crippen LogP contribution is 2.20. The summed E-state index contributed by atoms with van der Waals surface area (Å²) >= 11 is 6.26. The third kappa shape index (κ3) is 6.88. The maximum Gasteiger partial charge on any atom is 0.243 e. The second kappa shape index (κ2) is 10.6. The smallest absolute Gasteiger partial charge is 0.243 e. The number of aryl methyl sites for hydroxylation is 2. The summed E-state index contributed by atoms with van der Waals surface area (Å²) in [5, 5.41) is 3.70. The number of nitrogens with one attached hydrogen (secondary N) is 1. The van der Waals surface area contributed by atoms with E-state index in [2.05, 4.69) is 5.32 Å². The topological polar surface area (TPSA) is 49.4 Å². The lowest BCUT2D eigenvalue weighted by Gasteiger charge is -2.33. The molecule has 0 aromatic heterocycles. The van der Waals surface area contributed by atoms with Crippen molar-refractivity contribution in [3.05, 3.63) is 70.2 Å². The summed E-state index contributed by atoms with van der Waals surface area (Å²) in [6, 6.07) is 15.0. The molecular formula is C25H33ClN2O2. The van der Waals surface area contributed by atoms with Gasteiger partial charge in [-0.15, -0.1) is 0 Å². The molecule has 0 aliphatic carbocycles. The fourth-order valence-electron chi connectivity index (χ4n) is 3.43. The van der Waals surface area contributed by atoms with Gasteiger partial charge < -0.3 is 10.2 Å². The SMILES string of the molecule is CCC(C(=O)NC(C)(C)C)N(Cc1ccccc1C)C(=O)CCc1ccccc1Cl. The number of amides is 2. The van der Waals surface area contributed by atoms with Crippen molar-refractivity contribution in [1.82, 2.24) is 10.2 Å². The van der Waals surface area contributed by atoms with Crippen molar-refractivity contribution in [2.75, 3.05) is 0 Å². The fraction of sp³-hybridized carbons (Fsp3) is 0.440. The number of nitrogens with zero attached hydrogens (tertiary/aromatic N) is 1. The Bertz CT molecular complexity index is 873. The Hall–Kier alpha value is -2.33. The molecule has 30 heavy (non-hydrogen) atoms. The third-order valence-electron chi connectivity index (χ3n) is 5.05. The number of hydrogen-bond donors (Lipinski definition) is 1. The molecule has 0 bridgehead atoms. The van der Waals surface area contributed by atoms with Crippen molar-refractivity contribution in [2.45, 2.75) is 72.0 Å². The highest BCUT2D eigenvalue weighted by molar-refractivity contribution is 6.31. The number of benzene rings is 2. The van der Waals surface area contributed by atoms with E-state index in [1.807, 2.05) is 83.1 Å². The minimum absolute atomic E-state index is 0.0471. The Labute approximate surface area is 185 Å². The van der Waals surface area contributed by atoms with E-state index >= 15 is 0 Å². The van der Waals surface area contributed by atoms with Gasteiger partial charge in [0.2, 0.25) is 11.8 Å². The molecule has 162 valence electrons. The summed E-state index contributed by atoms with van der Waals surface area (Å²) in [7, 11) is 0. The van der Waals surface area contributed by atoms with E-state index in [0.29, 0.717) is 30.8 Å². The largest absolute Gasteiger partial charge is 0.350 e. The molecule has 2 amide bonds. The second-order valence-electron chi connectivity index (χ2n) is 8.70. The van der Waals surface area contributed by atoms with Crippen LogP contribution < -0.4 is 5.32 Å². The molecule has 2 aromatic rings. The van der Waals surface area contributed by atoms with Crippen LogP contribution in [0.4, 0.5) is 0 Å². The van der Waals surface area contributed by atoms with Crippen LogP contribution in [0, 0.1) is 6.92 Å². The summed E-state index contributed by atoms with van der Waals surface area (Å²) in [5.41, 5.74) is 2.73. The molecule has 2 rings (SSSR count). The van der Waals surface area contributed by atoms with Gasteiger partial charge in [0, 0.05) is 23.5 Å². The first-order chi connectivity index (χ1) is 14.1. The summed E-state index contributed by atoms with van der Waals surface area (Å²) in [6.45, 7) is 10.2. The van der Waals surface area contributed by atoms with Gasteiger partial charge in [-0.3, -0.25) is 9.59 Å². The van der Waals surface area contributed by atoms with Crippen LogP contribution >= 0.6 is 11.6 Å². The van der Waals surface area contributed by atoms with Crippen molar-refractivity contribution in [3.63, 3.8) is 0 Å². The molecular weight excluding hydrogens is 396 g/mol. The monoisotopic (exact) mass is 428 g/mol. The first kappa shape index (κ1) is 23.9. The van der Waals surface area contributed by atoms with E-state index in [0.717, 1.165) is 16.7 Å². The van der Waals surface area contributed by atoms with E-state index in [1.165, 1.54) is 0 Å². The van der Waals surface area contributed by atoms with Crippen LogP contribution in [0.1, 0.15) is 57.2 Å². The molecule has 1 N–H and O–H groups in total. The lowest BCUT2D eigenvalue weighted by Crippen LogP contribution is -2.53. The second-order valence-corrected chi connectivity index (χ2v) is 9.11. The Balaban J connectivity index is 2.27. The zero-order valence-corrected chi connectivity index (χ0v) is 19.4. The standard InChI is InChI=1S/C25H33ClN2O2/c1-6-22(24(30)27-25(3,4)5)28(17-20-13-8-7-11-18(20)2)23(29)16-15-19-12-9-10-14-21(19)26/h7-14,22H,6,15-17H2,1-5H3,(H,27,30). The molecule has 0 spiro atoms. The lowest BCUT2D eigenvalue weighted by atomic mass is 10.0. The summed E-state index contributed by atoms with van der Waals surface area (Å²) < 4.78 is 0. The van der Waals surface area contributed by atoms with Crippen molar-refractivity contribution >= 4 is 23.4 Å². The zero-order chi connectivity index (χ0) is 22.3. The third-order valence-corrected chi connectivity index (χ3v) is 5.42. The van der Waals surface area contributed by atoms with E-state index in [-0.39, 0.29) is 17.4 Å². The predicted octanol–water partition coefficient (Wildman–Crippen LogP) is 5.30. The van der Waals surface area contributed by atoms with E-state index in [1.54, 1.807) is 4.90 Å². The van der Waals surface area contributed by atoms with Gasteiger partial charge in [-0.2, -0.15) is 0 Å². The molecule has 0 fully saturated rings. The van der Waals surface area contributed by atoms with E-state index in [4.69, 9.17) is 11.6 Å². The molecule has 0 heterocycles. The predicted molar refractivity (Wildman–Crippen MR) is 123 cm³/mol. The van der Waals surface area contributed by atoms with E-state index in [9.17, 15) is 9.59 Å². The number of hydrogen-bond acceptors (Lipinski definition) is 2. The van der Waals surface area contributed by atoms with Gasteiger partial charge in [-0.05, 0) is 63.3 Å². The van der Waals surface area contributed by atoms with Crippen LogP contribution in [0.15, 0.2) is 48.5 Å². The Morgan fingerprint density at radius 3 is 2.20 bits per heavy atom.